The monoisotopic (exact) mass is 410 g/mol. The molecule has 4 rings (SSSR count). The van der Waals surface area contributed by atoms with Crippen LogP contribution in [0.1, 0.15) is 12.1 Å². The summed E-state index contributed by atoms with van der Waals surface area (Å²) in [6, 6.07) is 12.9. The van der Waals surface area contributed by atoms with Crippen molar-refractivity contribution < 1.29 is 19.1 Å². The van der Waals surface area contributed by atoms with Gasteiger partial charge in [-0.1, -0.05) is 18.2 Å². The summed E-state index contributed by atoms with van der Waals surface area (Å²) in [4.78, 5) is 35.0. The van der Waals surface area contributed by atoms with Crippen LogP contribution in [0.4, 0.5) is 10.5 Å². The highest BCUT2D eigenvalue weighted by Gasteiger charge is 2.35. The van der Waals surface area contributed by atoms with Gasteiger partial charge in [-0.2, -0.15) is 0 Å². The molecule has 3 amide bonds. The van der Waals surface area contributed by atoms with E-state index in [-0.39, 0.29) is 24.6 Å². The van der Waals surface area contributed by atoms with E-state index in [9.17, 15) is 9.59 Å². The summed E-state index contributed by atoms with van der Waals surface area (Å²) in [6.07, 6.45) is 0.672. The molecule has 0 saturated carbocycles. The van der Waals surface area contributed by atoms with Gasteiger partial charge >= 0.3 is 6.03 Å². The number of ether oxygens (including phenoxy) is 2. The minimum absolute atomic E-state index is 0.0615. The lowest BCUT2D eigenvalue weighted by Gasteiger charge is -2.22. The van der Waals surface area contributed by atoms with E-state index < -0.39 is 0 Å². The number of urea groups is 1. The molecule has 0 aliphatic carbocycles. The first-order chi connectivity index (χ1) is 14.5. The number of methoxy groups -OCH3 is 1. The molecule has 3 heterocycles. The zero-order valence-corrected chi connectivity index (χ0v) is 17.3. The smallest absolute Gasteiger partial charge is 0.325 e. The van der Waals surface area contributed by atoms with Crippen LogP contribution in [-0.4, -0.2) is 72.7 Å². The molecule has 0 spiro atoms. The van der Waals surface area contributed by atoms with Gasteiger partial charge in [0, 0.05) is 37.8 Å². The zero-order valence-electron chi connectivity index (χ0n) is 17.3. The highest BCUT2D eigenvalue weighted by atomic mass is 16.5. The molecule has 2 aromatic rings. The number of amides is 3. The summed E-state index contributed by atoms with van der Waals surface area (Å²) < 4.78 is 11.3. The maximum atomic E-state index is 12.9. The Hall–Kier alpha value is -3.29. The molecule has 0 radical (unpaired) electrons. The third-order valence-electron chi connectivity index (χ3n) is 5.44. The molecule has 158 valence electrons. The third kappa shape index (κ3) is 4.17. The summed E-state index contributed by atoms with van der Waals surface area (Å²) in [5, 5.41) is 0. The molecule has 2 aliphatic rings. The standard InChI is InChI=1S/C22H26N4O4/c1-16-6-5-9-20(23-16)30-17-10-11-24(14-17)21(27)15-25-12-13-26(22(25)28)18-7-3-4-8-19(18)29-2/h3-9,17H,10-15H2,1-2H3. The van der Waals surface area contributed by atoms with E-state index in [0.29, 0.717) is 37.8 Å². The van der Waals surface area contributed by atoms with Crippen molar-refractivity contribution in [3.63, 3.8) is 0 Å². The third-order valence-corrected chi connectivity index (χ3v) is 5.44. The average Bonchev–Trinajstić information content (AvgIpc) is 3.35. The molecular formula is C22H26N4O4. The topological polar surface area (TPSA) is 75.2 Å². The van der Waals surface area contributed by atoms with Crippen LogP contribution in [0.25, 0.3) is 0 Å². The van der Waals surface area contributed by atoms with Gasteiger partial charge in [-0.05, 0) is 25.1 Å². The number of benzene rings is 1. The fraction of sp³-hybridized carbons (Fsp3) is 0.409. The van der Waals surface area contributed by atoms with Crippen LogP contribution in [0.5, 0.6) is 11.6 Å². The van der Waals surface area contributed by atoms with Crippen LogP contribution in [0.15, 0.2) is 42.5 Å². The minimum Gasteiger partial charge on any atom is -0.495 e. The highest BCUT2D eigenvalue weighted by molar-refractivity contribution is 5.97. The number of anilines is 1. The molecule has 30 heavy (non-hydrogen) atoms. The van der Waals surface area contributed by atoms with E-state index in [2.05, 4.69) is 4.98 Å². The summed E-state index contributed by atoms with van der Waals surface area (Å²) in [5.74, 6) is 1.16. The molecule has 1 aromatic carbocycles. The number of carbonyl (C=O) groups excluding carboxylic acids is 2. The molecule has 0 bridgehead atoms. The van der Waals surface area contributed by atoms with Crippen LogP contribution in [0.3, 0.4) is 0 Å². The predicted molar refractivity (Wildman–Crippen MR) is 112 cm³/mol. The molecule has 1 atom stereocenters. The Bertz CT molecular complexity index is 935. The van der Waals surface area contributed by atoms with Gasteiger partial charge in [-0.3, -0.25) is 9.69 Å². The second-order valence-corrected chi connectivity index (χ2v) is 7.51. The Morgan fingerprint density at radius 1 is 1.13 bits per heavy atom. The molecule has 0 N–H and O–H groups in total. The van der Waals surface area contributed by atoms with Crippen LogP contribution in [-0.2, 0) is 4.79 Å². The maximum Gasteiger partial charge on any atom is 0.325 e. The Morgan fingerprint density at radius 2 is 1.97 bits per heavy atom. The lowest BCUT2D eigenvalue weighted by molar-refractivity contribution is -0.130. The van der Waals surface area contributed by atoms with Gasteiger partial charge in [0.25, 0.3) is 0 Å². The van der Waals surface area contributed by atoms with Crippen LogP contribution in [0, 0.1) is 6.92 Å². The molecule has 1 unspecified atom stereocenters. The van der Waals surface area contributed by atoms with Crippen molar-refractivity contribution >= 4 is 17.6 Å². The Kier molecular flexibility index (Phi) is 5.74. The number of para-hydroxylation sites is 2. The highest BCUT2D eigenvalue weighted by Crippen LogP contribution is 2.30. The zero-order chi connectivity index (χ0) is 21.1. The molecule has 2 fully saturated rings. The van der Waals surface area contributed by atoms with Gasteiger partial charge in [0.2, 0.25) is 11.8 Å². The number of aromatic nitrogens is 1. The number of pyridine rings is 1. The lowest BCUT2D eigenvalue weighted by atomic mass is 10.2. The predicted octanol–water partition coefficient (Wildman–Crippen LogP) is 2.32. The first-order valence-electron chi connectivity index (χ1n) is 10.1. The van der Waals surface area contributed by atoms with Crippen molar-refractivity contribution in [3.8, 4) is 11.6 Å². The number of aryl methyl sites for hydroxylation is 1. The SMILES string of the molecule is COc1ccccc1N1CCN(CC(=O)N2CCC(Oc3cccc(C)n3)C2)C1=O. The first kappa shape index (κ1) is 20.0. The lowest BCUT2D eigenvalue weighted by Crippen LogP contribution is -2.42. The van der Waals surface area contributed by atoms with E-state index in [1.54, 1.807) is 21.8 Å². The second kappa shape index (κ2) is 8.61. The second-order valence-electron chi connectivity index (χ2n) is 7.51. The number of rotatable bonds is 6. The van der Waals surface area contributed by atoms with E-state index in [1.165, 1.54) is 0 Å². The molecular weight excluding hydrogens is 384 g/mol. The fourth-order valence-electron chi connectivity index (χ4n) is 3.87. The quantitative estimate of drug-likeness (QED) is 0.731. The number of likely N-dealkylation sites (tertiary alicyclic amines) is 1. The van der Waals surface area contributed by atoms with Gasteiger partial charge < -0.3 is 19.3 Å². The van der Waals surface area contributed by atoms with Gasteiger partial charge in [-0.15, -0.1) is 0 Å². The van der Waals surface area contributed by atoms with Crippen molar-refractivity contribution in [1.29, 1.82) is 0 Å². The summed E-state index contributed by atoms with van der Waals surface area (Å²) in [6.45, 7) is 4.14. The number of hydrogen-bond acceptors (Lipinski definition) is 5. The van der Waals surface area contributed by atoms with E-state index in [1.807, 2.05) is 49.4 Å². The van der Waals surface area contributed by atoms with Gasteiger partial charge in [0.1, 0.15) is 18.4 Å². The first-order valence-corrected chi connectivity index (χ1v) is 10.1. The van der Waals surface area contributed by atoms with E-state index in [0.717, 1.165) is 17.8 Å². The number of hydrogen-bond donors (Lipinski definition) is 0. The maximum absolute atomic E-state index is 12.9. The van der Waals surface area contributed by atoms with Gasteiger partial charge in [0.15, 0.2) is 0 Å². The molecule has 8 nitrogen and oxygen atoms in total. The largest absolute Gasteiger partial charge is 0.495 e. The minimum atomic E-state index is -0.177. The fourth-order valence-corrected chi connectivity index (χ4v) is 3.87. The molecule has 2 saturated heterocycles. The Morgan fingerprint density at radius 3 is 2.77 bits per heavy atom. The summed E-state index contributed by atoms with van der Waals surface area (Å²) >= 11 is 0. The average molecular weight is 410 g/mol. The molecule has 1 aromatic heterocycles. The van der Waals surface area contributed by atoms with Crippen molar-refractivity contribution in [1.82, 2.24) is 14.8 Å². The summed E-state index contributed by atoms with van der Waals surface area (Å²) in [5.41, 5.74) is 1.62. The van der Waals surface area contributed by atoms with Crippen molar-refractivity contribution in [2.45, 2.75) is 19.4 Å². The van der Waals surface area contributed by atoms with E-state index in [4.69, 9.17) is 9.47 Å². The van der Waals surface area contributed by atoms with Crippen LogP contribution >= 0.6 is 0 Å². The van der Waals surface area contributed by atoms with Crippen LogP contribution in [0.2, 0.25) is 0 Å². The van der Waals surface area contributed by atoms with Crippen molar-refractivity contribution in [2.75, 3.05) is 44.7 Å². The van der Waals surface area contributed by atoms with Gasteiger partial charge in [0.05, 0.1) is 19.3 Å². The van der Waals surface area contributed by atoms with Crippen molar-refractivity contribution in [3.05, 3.63) is 48.2 Å². The van der Waals surface area contributed by atoms with Gasteiger partial charge in [-0.25, -0.2) is 9.78 Å². The Labute approximate surface area is 176 Å². The van der Waals surface area contributed by atoms with Crippen LogP contribution < -0.4 is 14.4 Å². The normalized spacial score (nSPS) is 18.8. The molecule has 8 heteroatoms. The Balaban J connectivity index is 1.33. The summed E-state index contributed by atoms with van der Waals surface area (Å²) in [7, 11) is 1.58. The van der Waals surface area contributed by atoms with Crippen molar-refractivity contribution in [2.24, 2.45) is 0 Å². The number of nitrogens with zero attached hydrogens (tertiary/aromatic N) is 4. The number of carbonyl (C=O) groups is 2. The van der Waals surface area contributed by atoms with E-state index >= 15 is 0 Å². The molecule has 2 aliphatic heterocycles.